The van der Waals surface area contributed by atoms with Crippen molar-refractivity contribution in [2.24, 2.45) is 0 Å². The number of hydrogen-bond donors (Lipinski definition) is 1. The summed E-state index contributed by atoms with van der Waals surface area (Å²) >= 11 is 5.22. The molecule has 0 atom stereocenters. The summed E-state index contributed by atoms with van der Waals surface area (Å²) in [5.74, 6) is 0.792. The number of nitrogens with one attached hydrogen (secondary N) is 1. The van der Waals surface area contributed by atoms with E-state index in [0.29, 0.717) is 0 Å². The third-order valence-electron chi connectivity index (χ3n) is 1.84. The van der Waals surface area contributed by atoms with Crippen molar-refractivity contribution >= 4 is 27.3 Å². The van der Waals surface area contributed by atoms with Gasteiger partial charge in [-0.3, -0.25) is 0 Å². The molecule has 74 valence electrons. The molecule has 0 amide bonds. The van der Waals surface area contributed by atoms with Gasteiger partial charge in [0.25, 0.3) is 0 Å². The topological polar surface area (TPSA) is 54.5 Å². The number of halogens is 1. The second-order valence-electron chi connectivity index (χ2n) is 2.89. The van der Waals surface area contributed by atoms with Gasteiger partial charge in [-0.15, -0.1) is 21.5 Å². The molecule has 14 heavy (non-hydrogen) atoms. The summed E-state index contributed by atoms with van der Waals surface area (Å²) in [4.78, 5) is 1.39. The Morgan fingerprint density at radius 3 is 2.93 bits per heavy atom. The van der Waals surface area contributed by atoms with Crippen LogP contribution in [0.2, 0.25) is 0 Å². The number of aromatic nitrogens is 4. The molecule has 0 saturated carbocycles. The van der Waals surface area contributed by atoms with Crippen molar-refractivity contribution in [1.29, 1.82) is 0 Å². The van der Waals surface area contributed by atoms with E-state index >= 15 is 0 Å². The highest BCUT2D eigenvalue weighted by Crippen LogP contribution is 2.23. The molecule has 4 nitrogen and oxygen atoms in total. The van der Waals surface area contributed by atoms with Crippen molar-refractivity contribution in [2.45, 2.75) is 19.3 Å². The zero-order chi connectivity index (χ0) is 9.80. The lowest BCUT2D eigenvalue weighted by Gasteiger charge is -1.93. The number of aryl methyl sites for hydroxylation is 2. The zero-order valence-corrected chi connectivity index (χ0v) is 9.81. The second kappa shape index (κ2) is 4.65. The molecule has 2 aromatic rings. The van der Waals surface area contributed by atoms with Crippen LogP contribution in [0.5, 0.6) is 0 Å². The minimum atomic E-state index is 0.792. The Hall–Kier alpha value is -0.750. The highest BCUT2D eigenvalue weighted by molar-refractivity contribution is 9.11. The molecule has 0 aromatic carbocycles. The molecular formula is C8H9BrN4S. The molecule has 0 aliphatic heterocycles. The van der Waals surface area contributed by atoms with Gasteiger partial charge in [0, 0.05) is 11.3 Å². The Labute approximate surface area is 93.9 Å². The van der Waals surface area contributed by atoms with Crippen molar-refractivity contribution in [3.8, 4) is 0 Å². The SMILES string of the molecule is Brc1ccc(CCCc2nn[nH]n2)s1. The first-order valence-electron chi connectivity index (χ1n) is 4.31. The second-order valence-corrected chi connectivity index (χ2v) is 5.43. The van der Waals surface area contributed by atoms with E-state index in [0.717, 1.165) is 25.1 Å². The molecule has 2 aromatic heterocycles. The summed E-state index contributed by atoms with van der Waals surface area (Å²) < 4.78 is 1.19. The van der Waals surface area contributed by atoms with Gasteiger partial charge in [-0.1, -0.05) is 5.21 Å². The van der Waals surface area contributed by atoms with Gasteiger partial charge < -0.3 is 0 Å². The van der Waals surface area contributed by atoms with Gasteiger partial charge in [-0.05, 0) is 40.9 Å². The van der Waals surface area contributed by atoms with Gasteiger partial charge in [0.2, 0.25) is 0 Å². The maximum absolute atomic E-state index is 3.90. The van der Waals surface area contributed by atoms with Gasteiger partial charge in [-0.2, -0.15) is 5.21 Å². The average Bonchev–Trinajstić information content (AvgIpc) is 2.77. The van der Waals surface area contributed by atoms with E-state index < -0.39 is 0 Å². The lowest BCUT2D eigenvalue weighted by molar-refractivity contribution is 0.780. The summed E-state index contributed by atoms with van der Waals surface area (Å²) in [5.41, 5.74) is 0. The van der Waals surface area contributed by atoms with Crippen molar-refractivity contribution in [1.82, 2.24) is 20.6 Å². The quantitative estimate of drug-likeness (QED) is 0.929. The van der Waals surface area contributed by atoms with Gasteiger partial charge in [0.15, 0.2) is 5.82 Å². The standard InChI is InChI=1S/C8H9BrN4S/c9-7-5-4-6(14-7)2-1-3-8-10-12-13-11-8/h4-5H,1-3H2,(H,10,11,12,13). The fraction of sp³-hybridized carbons (Fsp3) is 0.375. The van der Waals surface area contributed by atoms with Crippen molar-refractivity contribution < 1.29 is 0 Å². The minimum absolute atomic E-state index is 0.792. The lowest BCUT2D eigenvalue weighted by atomic mass is 10.2. The maximum atomic E-state index is 3.90. The van der Waals surface area contributed by atoms with E-state index in [-0.39, 0.29) is 0 Å². The fourth-order valence-corrected chi connectivity index (χ4v) is 2.72. The fourth-order valence-electron chi connectivity index (χ4n) is 1.20. The first-order chi connectivity index (χ1) is 6.84. The maximum Gasteiger partial charge on any atom is 0.174 e. The highest BCUT2D eigenvalue weighted by Gasteiger charge is 2.00. The summed E-state index contributed by atoms with van der Waals surface area (Å²) in [7, 11) is 0. The minimum Gasteiger partial charge on any atom is -0.177 e. The molecule has 0 saturated heterocycles. The zero-order valence-electron chi connectivity index (χ0n) is 7.40. The Balaban J connectivity index is 1.78. The number of thiophene rings is 1. The van der Waals surface area contributed by atoms with E-state index in [1.54, 1.807) is 11.3 Å². The van der Waals surface area contributed by atoms with Crippen molar-refractivity contribution in [3.05, 3.63) is 26.6 Å². The molecule has 0 aliphatic rings. The van der Waals surface area contributed by atoms with E-state index in [1.807, 2.05) is 0 Å². The molecular weight excluding hydrogens is 264 g/mol. The largest absolute Gasteiger partial charge is 0.177 e. The van der Waals surface area contributed by atoms with Crippen LogP contribution in [0.3, 0.4) is 0 Å². The summed E-state index contributed by atoms with van der Waals surface area (Å²) in [6.45, 7) is 0. The van der Waals surface area contributed by atoms with E-state index in [1.165, 1.54) is 8.66 Å². The molecule has 2 heterocycles. The highest BCUT2D eigenvalue weighted by atomic mass is 79.9. The third kappa shape index (κ3) is 2.62. The van der Waals surface area contributed by atoms with Crippen LogP contribution < -0.4 is 0 Å². The first kappa shape index (κ1) is 9.79. The molecule has 0 spiro atoms. The number of rotatable bonds is 4. The number of hydrogen-bond acceptors (Lipinski definition) is 4. The normalized spacial score (nSPS) is 10.6. The van der Waals surface area contributed by atoms with Crippen LogP contribution >= 0.6 is 27.3 Å². The predicted molar refractivity (Wildman–Crippen MR) is 58.2 cm³/mol. The number of aromatic amines is 1. The Morgan fingerprint density at radius 2 is 2.29 bits per heavy atom. The van der Waals surface area contributed by atoms with E-state index in [2.05, 4.69) is 48.7 Å². The molecule has 0 unspecified atom stereocenters. The van der Waals surface area contributed by atoms with Crippen LogP contribution in [-0.4, -0.2) is 20.6 Å². The molecule has 0 aliphatic carbocycles. The van der Waals surface area contributed by atoms with Gasteiger partial charge in [0.1, 0.15) is 0 Å². The molecule has 2 rings (SSSR count). The Kier molecular flexibility index (Phi) is 3.26. The van der Waals surface area contributed by atoms with Gasteiger partial charge in [0.05, 0.1) is 3.79 Å². The first-order valence-corrected chi connectivity index (χ1v) is 5.92. The monoisotopic (exact) mass is 272 g/mol. The summed E-state index contributed by atoms with van der Waals surface area (Å²) in [5, 5.41) is 13.8. The van der Waals surface area contributed by atoms with Crippen LogP contribution in [0.25, 0.3) is 0 Å². The van der Waals surface area contributed by atoms with Crippen LogP contribution in [0.1, 0.15) is 17.1 Å². The third-order valence-corrected chi connectivity index (χ3v) is 3.53. The molecule has 6 heteroatoms. The number of H-pyrrole nitrogens is 1. The summed E-state index contributed by atoms with van der Waals surface area (Å²) in [6.07, 6.45) is 3.02. The molecule has 0 bridgehead atoms. The predicted octanol–water partition coefficient (Wildman–Crippen LogP) is 2.20. The van der Waals surface area contributed by atoms with Gasteiger partial charge in [-0.25, -0.2) is 0 Å². The van der Waals surface area contributed by atoms with Crippen LogP contribution in [0, 0.1) is 0 Å². The summed E-state index contributed by atoms with van der Waals surface area (Å²) in [6, 6.07) is 4.22. The van der Waals surface area contributed by atoms with Crippen LogP contribution in [0.4, 0.5) is 0 Å². The van der Waals surface area contributed by atoms with E-state index in [4.69, 9.17) is 0 Å². The van der Waals surface area contributed by atoms with Crippen LogP contribution in [0.15, 0.2) is 15.9 Å². The Morgan fingerprint density at radius 1 is 1.36 bits per heavy atom. The smallest absolute Gasteiger partial charge is 0.174 e. The average molecular weight is 273 g/mol. The van der Waals surface area contributed by atoms with Gasteiger partial charge >= 0.3 is 0 Å². The Bertz CT molecular complexity index is 384. The van der Waals surface area contributed by atoms with Crippen molar-refractivity contribution in [3.63, 3.8) is 0 Å². The van der Waals surface area contributed by atoms with E-state index in [9.17, 15) is 0 Å². The molecule has 0 radical (unpaired) electrons. The molecule has 1 N–H and O–H groups in total. The van der Waals surface area contributed by atoms with Crippen LogP contribution in [-0.2, 0) is 12.8 Å². The van der Waals surface area contributed by atoms with Crippen molar-refractivity contribution in [2.75, 3.05) is 0 Å². The lowest BCUT2D eigenvalue weighted by Crippen LogP contribution is -1.90. The molecule has 0 fully saturated rings. The number of tetrazole rings is 1. The number of nitrogens with zero attached hydrogens (tertiary/aromatic N) is 3.